The number of hydrogen-bond acceptors (Lipinski definition) is 5. The summed E-state index contributed by atoms with van der Waals surface area (Å²) in [6, 6.07) is 10.8. The number of aromatic nitrogens is 3. The van der Waals surface area contributed by atoms with Gasteiger partial charge < -0.3 is 14.6 Å². The lowest BCUT2D eigenvalue weighted by Gasteiger charge is -2.09. The van der Waals surface area contributed by atoms with Crippen LogP contribution in [0.25, 0.3) is 0 Å². The van der Waals surface area contributed by atoms with Crippen molar-refractivity contribution in [3.63, 3.8) is 0 Å². The molecule has 0 bridgehead atoms. The van der Waals surface area contributed by atoms with Crippen molar-refractivity contribution in [2.24, 2.45) is 7.05 Å². The minimum absolute atomic E-state index is 0.126. The fourth-order valence-electron chi connectivity index (χ4n) is 2.31. The molecular weight excluding hydrogens is 455 g/mol. The fraction of sp³-hybridized carbons (Fsp3) is 0.211. The number of nitrogens with one attached hydrogen (secondary N) is 1. The van der Waals surface area contributed by atoms with Crippen LogP contribution in [-0.4, -0.2) is 26.4 Å². The number of hydrogen-bond donors (Lipinski definition) is 1. The highest BCUT2D eigenvalue weighted by Gasteiger charge is 2.14. The predicted molar refractivity (Wildman–Crippen MR) is 117 cm³/mol. The Morgan fingerprint density at radius 1 is 1.10 bits per heavy atom. The summed E-state index contributed by atoms with van der Waals surface area (Å²) >= 11 is 19.2. The Labute approximate surface area is 187 Å². The molecule has 1 aromatic heterocycles. The van der Waals surface area contributed by atoms with E-state index in [1.54, 1.807) is 4.57 Å². The number of amides is 1. The van der Waals surface area contributed by atoms with Crippen LogP contribution in [0.5, 0.6) is 5.75 Å². The second kappa shape index (κ2) is 9.71. The van der Waals surface area contributed by atoms with Gasteiger partial charge in [-0.05, 0) is 31.2 Å². The lowest BCUT2D eigenvalue weighted by Crippen LogP contribution is -2.15. The van der Waals surface area contributed by atoms with Crippen LogP contribution in [0.4, 0.5) is 5.69 Å². The van der Waals surface area contributed by atoms with Crippen molar-refractivity contribution in [2.45, 2.75) is 18.7 Å². The van der Waals surface area contributed by atoms with Gasteiger partial charge in [0.25, 0.3) is 0 Å². The highest BCUT2D eigenvalue weighted by Crippen LogP contribution is 2.32. The Hall–Kier alpha value is -1.93. The maximum absolute atomic E-state index is 12.2. The SMILES string of the molecule is Cc1ccc(OCc2nnc(SCC(=O)Nc3cc(Cl)c(Cl)cc3Cl)n2C)cc1. The highest BCUT2D eigenvalue weighted by atomic mass is 35.5. The van der Waals surface area contributed by atoms with E-state index < -0.39 is 0 Å². The first-order valence-electron chi connectivity index (χ1n) is 8.48. The molecule has 0 spiro atoms. The van der Waals surface area contributed by atoms with Crippen LogP contribution in [0, 0.1) is 6.92 Å². The normalized spacial score (nSPS) is 10.8. The van der Waals surface area contributed by atoms with Gasteiger partial charge in [0, 0.05) is 7.05 Å². The molecule has 10 heteroatoms. The van der Waals surface area contributed by atoms with Gasteiger partial charge in [-0.2, -0.15) is 0 Å². The zero-order chi connectivity index (χ0) is 21.0. The topological polar surface area (TPSA) is 69.0 Å². The quantitative estimate of drug-likeness (QED) is 0.369. The third kappa shape index (κ3) is 5.79. The lowest BCUT2D eigenvalue weighted by atomic mass is 10.2. The van der Waals surface area contributed by atoms with Gasteiger partial charge in [-0.25, -0.2) is 0 Å². The second-order valence-electron chi connectivity index (χ2n) is 6.14. The maximum Gasteiger partial charge on any atom is 0.234 e. The van der Waals surface area contributed by atoms with Crippen molar-refractivity contribution >= 4 is 58.2 Å². The number of rotatable bonds is 7. The van der Waals surface area contributed by atoms with E-state index in [9.17, 15) is 4.79 Å². The first-order chi connectivity index (χ1) is 13.8. The van der Waals surface area contributed by atoms with E-state index in [0.29, 0.717) is 31.7 Å². The number of carbonyl (C=O) groups excluding carboxylic acids is 1. The largest absolute Gasteiger partial charge is 0.486 e. The van der Waals surface area contributed by atoms with E-state index in [4.69, 9.17) is 39.5 Å². The van der Waals surface area contributed by atoms with Gasteiger partial charge in [0.15, 0.2) is 11.0 Å². The molecular formula is C19H17Cl3N4O2S. The average Bonchev–Trinajstić information content (AvgIpc) is 3.04. The second-order valence-corrected chi connectivity index (χ2v) is 8.31. The zero-order valence-corrected chi connectivity index (χ0v) is 18.7. The van der Waals surface area contributed by atoms with Crippen molar-refractivity contribution in [1.29, 1.82) is 0 Å². The average molecular weight is 472 g/mol. The molecule has 6 nitrogen and oxygen atoms in total. The number of aryl methyl sites for hydroxylation is 1. The number of carbonyl (C=O) groups is 1. The van der Waals surface area contributed by atoms with Crippen molar-refractivity contribution < 1.29 is 9.53 Å². The molecule has 1 amide bonds. The van der Waals surface area contributed by atoms with E-state index in [1.165, 1.54) is 23.9 Å². The van der Waals surface area contributed by atoms with Crippen LogP contribution >= 0.6 is 46.6 Å². The molecule has 0 atom stereocenters. The molecule has 152 valence electrons. The zero-order valence-electron chi connectivity index (χ0n) is 15.6. The molecule has 0 radical (unpaired) electrons. The van der Waals surface area contributed by atoms with E-state index in [-0.39, 0.29) is 18.3 Å². The van der Waals surface area contributed by atoms with E-state index in [2.05, 4.69) is 15.5 Å². The van der Waals surface area contributed by atoms with Gasteiger partial charge in [-0.3, -0.25) is 4.79 Å². The lowest BCUT2D eigenvalue weighted by molar-refractivity contribution is -0.113. The third-order valence-corrected chi connectivity index (χ3v) is 5.99. The minimum Gasteiger partial charge on any atom is -0.486 e. The molecule has 3 rings (SSSR count). The minimum atomic E-state index is -0.254. The highest BCUT2D eigenvalue weighted by molar-refractivity contribution is 7.99. The number of anilines is 1. The Morgan fingerprint density at radius 3 is 2.52 bits per heavy atom. The third-order valence-electron chi connectivity index (χ3n) is 3.93. The van der Waals surface area contributed by atoms with Gasteiger partial charge in [-0.15, -0.1) is 10.2 Å². The molecule has 2 aromatic carbocycles. The molecule has 0 unspecified atom stereocenters. The monoisotopic (exact) mass is 470 g/mol. The maximum atomic E-state index is 12.2. The molecule has 1 heterocycles. The van der Waals surface area contributed by atoms with Crippen LogP contribution in [0.1, 0.15) is 11.4 Å². The summed E-state index contributed by atoms with van der Waals surface area (Å²) < 4.78 is 7.52. The molecule has 29 heavy (non-hydrogen) atoms. The van der Waals surface area contributed by atoms with E-state index in [0.717, 1.165) is 11.3 Å². The smallest absolute Gasteiger partial charge is 0.234 e. The summed E-state index contributed by atoms with van der Waals surface area (Å²) in [7, 11) is 1.82. The van der Waals surface area contributed by atoms with Crippen LogP contribution in [0.2, 0.25) is 15.1 Å². The molecule has 1 N–H and O–H groups in total. The van der Waals surface area contributed by atoms with Crippen molar-refractivity contribution in [2.75, 3.05) is 11.1 Å². The fourth-order valence-corrected chi connectivity index (χ4v) is 3.64. The number of benzene rings is 2. The van der Waals surface area contributed by atoms with Gasteiger partial charge in [-0.1, -0.05) is 64.3 Å². The van der Waals surface area contributed by atoms with Crippen LogP contribution in [0.3, 0.4) is 0 Å². The van der Waals surface area contributed by atoms with Crippen molar-refractivity contribution in [1.82, 2.24) is 14.8 Å². The molecule has 0 fully saturated rings. The first-order valence-corrected chi connectivity index (χ1v) is 10.6. The molecule has 0 aliphatic heterocycles. The Bertz CT molecular complexity index is 1030. The predicted octanol–water partition coefficient (Wildman–Crippen LogP) is 5.39. The van der Waals surface area contributed by atoms with Gasteiger partial charge >= 0.3 is 0 Å². The van der Waals surface area contributed by atoms with Crippen LogP contribution < -0.4 is 10.1 Å². The summed E-state index contributed by atoms with van der Waals surface area (Å²) in [6.45, 7) is 2.29. The van der Waals surface area contributed by atoms with Gasteiger partial charge in [0.2, 0.25) is 5.91 Å². The number of ether oxygens (including phenoxy) is 1. The van der Waals surface area contributed by atoms with Gasteiger partial charge in [0.05, 0.1) is 26.5 Å². The summed E-state index contributed by atoms with van der Waals surface area (Å²) in [4.78, 5) is 12.2. The summed E-state index contributed by atoms with van der Waals surface area (Å²) in [5.74, 6) is 1.28. The summed E-state index contributed by atoms with van der Waals surface area (Å²) in [5, 5.41) is 12.5. The van der Waals surface area contributed by atoms with Crippen LogP contribution in [0.15, 0.2) is 41.6 Å². The van der Waals surface area contributed by atoms with E-state index >= 15 is 0 Å². The number of halogens is 3. The Morgan fingerprint density at radius 2 is 1.79 bits per heavy atom. The number of nitrogens with zero attached hydrogens (tertiary/aromatic N) is 3. The molecule has 0 aliphatic carbocycles. The van der Waals surface area contributed by atoms with Crippen molar-refractivity contribution in [3.8, 4) is 5.75 Å². The summed E-state index contributed by atoms with van der Waals surface area (Å²) in [6.07, 6.45) is 0. The van der Waals surface area contributed by atoms with E-state index in [1.807, 2.05) is 38.2 Å². The Kier molecular flexibility index (Phi) is 7.29. The first kappa shape index (κ1) is 21.8. The summed E-state index contributed by atoms with van der Waals surface area (Å²) in [5.41, 5.74) is 1.56. The number of thioether (sulfide) groups is 1. The Balaban J connectivity index is 1.55. The van der Waals surface area contributed by atoms with Gasteiger partial charge in [0.1, 0.15) is 12.4 Å². The van der Waals surface area contributed by atoms with Crippen molar-refractivity contribution in [3.05, 3.63) is 62.9 Å². The standard InChI is InChI=1S/C19H17Cl3N4O2S/c1-11-3-5-12(6-4-11)28-9-17-24-25-19(26(17)2)29-10-18(27)23-16-8-14(21)13(20)7-15(16)22/h3-8H,9-10H2,1-2H3,(H,23,27). The molecule has 0 aliphatic rings. The van der Waals surface area contributed by atoms with Crippen LogP contribution in [-0.2, 0) is 18.4 Å². The molecule has 3 aromatic rings. The molecule has 0 saturated carbocycles. The molecule has 0 saturated heterocycles.